The molecule has 46 heavy (non-hydrogen) atoms. The Balaban J connectivity index is 1.09. The maximum atomic E-state index is 13.0. The smallest absolute Gasteiger partial charge is 0.326 e. The molecule has 3 aromatic carbocycles. The fraction of sp³-hybridized carbons (Fsp3) is 0.273. The third kappa shape index (κ3) is 8.37. The number of benzene rings is 3. The van der Waals surface area contributed by atoms with Crippen LogP contribution in [0.25, 0.3) is 5.70 Å². The van der Waals surface area contributed by atoms with E-state index < -0.39 is 12.0 Å². The highest BCUT2D eigenvalue weighted by atomic mass is 32.2. The molecule has 3 aromatic rings. The van der Waals surface area contributed by atoms with Gasteiger partial charge in [-0.1, -0.05) is 42.5 Å². The van der Waals surface area contributed by atoms with E-state index in [0.717, 1.165) is 11.3 Å². The van der Waals surface area contributed by atoms with Gasteiger partial charge in [-0.3, -0.25) is 25.2 Å². The summed E-state index contributed by atoms with van der Waals surface area (Å²) in [5.41, 5.74) is 12.1. The number of hydrazine groups is 2. The van der Waals surface area contributed by atoms with Gasteiger partial charge in [0.2, 0.25) is 11.8 Å². The topological polar surface area (TPSA) is 170 Å². The lowest BCUT2D eigenvalue weighted by Gasteiger charge is -2.28. The lowest BCUT2D eigenvalue weighted by atomic mass is 9.81. The first-order chi connectivity index (χ1) is 22.3. The molecule has 1 fully saturated rings. The number of hydrogen-bond donors (Lipinski definition) is 7. The molecule has 0 spiro atoms. The van der Waals surface area contributed by atoms with E-state index in [9.17, 15) is 24.3 Å². The molecule has 240 valence electrons. The van der Waals surface area contributed by atoms with Gasteiger partial charge in [0.05, 0.1) is 18.5 Å². The molecule has 0 saturated heterocycles. The van der Waals surface area contributed by atoms with Crippen molar-refractivity contribution in [3.8, 4) is 5.75 Å². The second kappa shape index (κ2) is 15.3. The summed E-state index contributed by atoms with van der Waals surface area (Å²) in [6.45, 7) is 0. The van der Waals surface area contributed by atoms with Gasteiger partial charge in [-0.25, -0.2) is 4.79 Å². The highest BCUT2D eigenvalue weighted by Crippen LogP contribution is 2.30. The highest BCUT2D eigenvalue weighted by Gasteiger charge is 2.32. The van der Waals surface area contributed by atoms with Gasteiger partial charge in [-0.15, -0.1) is 0 Å². The molecule has 1 saturated carbocycles. The van der Waals surface area contributed by atoms with Crippen LogP contribution in [0.2, 0.25) is 0 Å². The first-order valence-corrected chi connectivity index (χ1v) is 15.7. The van der Waals surface area contributed by atoms with Crippen molar-refractivity contribution in [1.29, 1.82) is 0 Å². The molecule has 0 aromatic heterocycles. The first kappa shape index (κ1) is 32.4. The van der Waals surface area contributed by atoms with Crippen LogP contribution < -0.4 is 36.5 Å². The number of carboxylic acid groups (broad SMARTS) is 1. The molecule has 5 rings (SSSR count). The predicted molar refractivity (Wildman–Crippen MR) is 176 cm³/mol. The van der Waals surface area contributed by atoms with Crippen LogP contribution in [0.4, 0.5) is 11.4 Å². The summed E-state index contributed by atoms with van der Waals surface area (Å²) in [4.78, 5) is 54.1. The number of rotatable bonds is 12. The third-order valence-corrected chi connectivity index (χ3v) is 8.78. The Bertz CT molecular complexity index is 1570. The summed E-state index contributed by atoms with van der Waals surface area (Å²) < 4.78 is 5.13. The predicted octanol–water partition coefficient (Wildman–Crippen LogP) is 3.82. The molecule has 12 nitrogen and oxygen atoms in total. The van der Waals surface area contributed by atoms with Crippen LogP contribution in [-0.4, -0.2) is 41.9 Å². The molecule has 0 bridgehead atoms. The molecule has 1 aliphatic heterocycles. The Labute approximate surface area is 270 Å². The van der Waals surface area contributed by atoms with Crippen molar-refractivity contribution in [1.82, 2.24) is 21.0 Å². The number of nitrogens with one attached hydrogen (secondary N) is 6. The van der Waals surface area contributed by atoms with Crippen molar-refractivity contribution < 1.29 is 29.0 Å². The summed E-state index contributed by atoms with van der Waals surface area (Å²) >= 11 is 1.18. The van der Waals surface area contributed by atoms with E-state index in [1.807, 2.05) is 30.3 Å². The van der Waals surface area contributed by atoms with Gasteiger partial charge in [-0.2, -0.15) is 4.83 Å². The Morgan fingerprint density at radius 1 is 0.870 bits per heavy atom. The number of anilines is 2. The maximum Gasteiger partial charge on any atom is 0.326 e. The van der Waals surface area contributed by atoms with Gasteiger partial charge in [0.25, 0.3) is 5.91 Å². The molecule has 0 unspecified atom stereocenters. The standard InChI is InChI=1S/C33H36N6O6S/c1-45-26-17-15-25(16-18-26)36-38-31(41)23-11-9-22(10-12-23)30(40)35-27(33(43)44)19-20-7-13-24(14-8-20)34-32(42)29-28(37-39-46-29)21-5-3-2-4-6-21/h2-8,13-18,22-23,27,36-37,39H,9-12,19H2,1H3,(H,34,42)(H,35,40)(H,38,41)(H,43,44)/t22?,23?,27-/m0/s1. The minimum atomic E-state index is -1.14. The molecule has 1 heterocycles. The Morgan fingerprint density at radius 3 is 2.13 bits per heavy atom. The number of ether oxygens (including phenoxy) is 1. The Morgan fingerprint density at radius 2 is 1.50 bits per heavy atom. The zero-order valence-electron chi connectivity index (χ0n) is 25.2. The monoisotopic (exact) mass is 644 g/mol. The normalized spacial score (nSPS) is 18.1. The van der Waals surface area contributed by atoms with Crippen LogP contribution in [0, 0.1) is 11.8 Å². The minimum Gasteiger partial charge on any atom is -0.497 e. The average molecular weight is 645 g/mol. The van der Waals surface area contributed by atoms with Gasteiger partial charge in [0.1, 0.15) is 16.7 Å². The van der Waals surface area contributed by atoms with Crippen molar-refractivity contribution in [3.05, 3.63) is 94.9 Å². The van der Waals surface area contributed by atoms with E-state index in [1.54, 1.807) is 55.6 Å². The first-order valence-electron chi connectivity index (χ1n) is 14.9. The number of amides is 3. The van der Waals surface area contributed by atoms with Crippen LogP contribution in [-0.2, 0) is 25.6 Å². The lowest BCUT2D eigenvalue weighted by Crippen LogP contribution is -2.46. The van der Waals surface area contributed by atoms with Crippen LogP contribution >= 0.6 is 11.9 Å². The van der Waals surface area contributed by atoms with E-state index in [0.29, 0.717) is 53.3 Å². The second-order valence-corrected chi connectivity index (χ2v) is 11.9. The molecule has 13 heteroatoms. The molecule has 1 atom stereocenters. The number of carbonyl (C=O) groups excluding carboxylic acids is 3. The van der Waals surface area contributed by atoms with Gasteiger partial charge in [0, 0.05) is 29.5 Å². The quantitative estimate of drug-likeness (QED) is 0.114. The van der Waals surface area contributed by atoms with Crippen molar-refractivity contribution in [2.24, 2.45) is 11.8 Å². The van der Waals surface area contributed by atoms with Crippen molar-refractivity contribution >= 4 is 52.7 Å². The lowest BCUT2D eigenvalue weighted by molar-refractivity contribution is -0.142. The third-order valence-electron chi connectivity index (χ3n) is 7.98. The molecule has 0 radical (unpaired) electrons. The maximum absolute atomic E-state index is 13.0. The second-order valence-electron chi connectivity index (χ2n) is 11.0. The van der Waals surface area contributed by atoms with E-state index in [2.05, 4.69) is 31.7 Å². The molecular formula is C33H36N6O6S. The fourth-order valence-electron chi connectivity index (χ4n) is 5.37. The zero-order valence-corrected chi connectivity index (χ0v) is 26.0. The molecule has 7 N–H and O–H groups in total. The van der Waals surface area contributed by atoms with Crippen LogP contribution in [0.3, 0.4) is 0 Å². The summed E-state index contributed by atoms with van der Waals surface area (Å²) in [6.07, 6.45) is 2.09. The Kier molecular flexibility index (Phi) is 10.8. The highest BCUT2D eigenvalue weighted by molar-refractivity contribution is 8.02. The fourth-order valence-corrected chi connectivity index (χ4v) is 6.04. The Hall–Kier alpha value is -5.01. The van der Waals surface area contributed by atoms with Crippen molar-refractivity contribution in [2.45, 2.75) is 38.1 Å². The summed E-state index contributed by atoms with van der Waals surface area (Å²) in [5.74, 6) is -1.81. The van der Waals surface area contributed by atoms with E-state index >= 15 is 0 Å². The number of methoxy groups -OCH3 is 1. The van der Waals surface area contributed by atoms with E-state index in [1.165, 1.54) is 11.9 Å². The van der Waals surface area contributed by atoms with Crippen LogP contribution in [0.5, 0.6) is 5.75 Å². The van der Waals surface area contributed by atoms with Crippen LogP contribution in [0.1, 0.15) is 36.8 Å². The van der Waals surface area contributed by atoms with Crippen molar-refractivity contribution in [2.75, 3.05) is 17.9 Å². The van der Waals surface area contributed by atoms with Gasteiger partial charge in [-0.05, 0) is 79.6 Å². The number of aliphatic carboxylic acids is 1. The van der Waals surface area contributed by atoms with E-state index in [4.69, 9.17) is 4.74 Å². The van der Waals surface area contributed by atoms with Crippen molar-refractivity contribution in [3.63, 3.8) is 0 Å². The number of hydrogen-bond acceptors (Lipinski definition) is 9. The molecule has 1 aliphatic carbocycles. The van der Waals surface area contributed by atoms with Crippen LogP contribution in [0.15, 0.2) is 83.8 Å². The molecular weight excluding hydrogens is 608 g/mol. The zero-order chi connectivity index (χ0) is 32.5. The molecule has 3 amide bonds. The SMILES string of the molecule is COc1ccc(NNC(=O)C2CCC(C(=O)N[C@@H](Cc3ccc(NC(=O)C4=C(c5ccccc5)NNS4)cc3)C(=O)O)CC2)cc1. The van der Waals surface area contributed by atoms with E-state index in [-0.39, 0.29) is 36.0 Å². The molecule has 2 aliphatic rings. The van der Waals surface area contributed by atoms with Gasteiger partial charge < -0.3 is 25.9 Å². The number of carbonyl (C=O) groups is 4. The van der Waals surface area contributed by atoms with Gasteiger partial charge >= 0.3 is 5.97 Å². The average Bonchev–Trinajstić information content (AvgIpc) is 3.59. The minimum absolute atomic E-state index is 0.0804. The summed E-state index contributed by atoms with van der Waals surface area (Å²) in [5, 5.41) is 15.4. The van der Waals surface area contributed by atoms with Gasteiger partial charge in [0.15, 0.2) is 0 Å². The largest absolute Gasteiger partial charge is 0.497 e. The summed E-state index contributed by atoms with van der Waals surface area (Å²) in [6, 6.07) is 22.4. The number of carboxylic acids is 1. The summed E-state index contributed by atoms with van der Waals surface area (Å²) in [7, 11) is 1.58.